The van der Waals surface area contributed by atoms with Crippen LogP contribution in [0.15, 0.2) is 0 Å². The number of nitrogens with zero attached hydrogens (tertiary/aromatic N) is 2. The Morgan fingerprint density at radius 2 is 2.05 bits per heavy atom. The van der Waals surface area contributed by atoms with E-state index in [-0.39, 0.29) is 0 Å². The monoisotopic (exact) mass is 282 g/mol. The van der Waals surface area contributed by atoms with E-state index in [1.54, 1.807) is 0 Å². The molecule has 0 radical (unpaired) electrons. The Morgan fingerprint density at radius 1 is 1.20 bits per heavy atom. The first-order valence-corrected chi connectivity index (χ1v) is 8.23. The molecule has 0 spiro atoms. The van der Waals surface area contributed by atoms with E-state index in [0.717, 1.165) is 65.2 Å². The lowest BCUT2D eigenvalue weighted by molar-refractivity contribution is -0.133. The molecule has 2 aliphatic heterocycles. The van der Waals surface area contributed by atoms with E-state index in [0.29, 0.717) is 24.2 Å². The van der Waals surface area contributed by atoms with Gasteiger partial charge < -0.3 is 14.5 Å². The Labute approximate surface area is 123 Å². The number of hydrogen-bond acceptors (Lipinski definition) is 3. The molecule has 2 fully saturated rings. The van der Waals surface area contributed by atoms with E-state index >= 15 is 0 Å². The van der Waals surface area contributed by atoms with Crippen molar-refractivity contribution in [2.45, 2.75) is 39.5 Å². The summed E-state index contributed by atoms with van der Waals surface area (Å²) in [5.74, 6) is 1.50. The number of ether oxygens (including phenoxy) is 1. The zero-order valence-corrected chi connectivity index (χ0v) is 13.1. The Balaban J connectivity index is 1.75. The molecule has 0 unspecified atom stereocenters. The van der Waals surface area contributed by atoms with E-state index in [9.17, 15) is 4.79 Å². The van der Waals surface area contributed by atoms with Crippen LogP contribution in [0.1, 0.15) is 39.5 Å². The average molecular weight is 282 g/mol. The molecule has 4 nitrogen and oxygen atoms in total. The van der Waals surface area contributed by atoms with Crippen LogP contribution in [0, 0.1) is 11.8 Å². The highest BCUT2D eigenvalue weighted by molar-refractivity contribution is 5.76. The number of hydrogen-bond donors (Lipinski definition) is 0. The van der Waals surface area contributed by atoms with Crippen LogP contribution in [0.25, 0.3) is 0 Å². The fourth-order valence-corrected chi connectivity index (χ4v) is 3.26. The van der Waals surface area contributed by atoms with E-state index < -0.39 is 0 Å². The molecule has 20 heavy (non-hydrogen) atoms. The van der Waals surface area contributed by atoms with Gasteiger partial charge in [-0.3, -0.25) is 4.79 Å². The van der Waals surface area contributed by atoms with Gasteiger partial charge in [-0.2, -0.15) is 0 Å². The zero-order chi connectivity index (χ0) is 14.4. The van der Waals surface area contributed by atoms with E-state index in [1.807, 2.05) is 0 Å². The van der Waals surface area contributed by atoms with E-state index in [1.165, 1.54) is 0 Å². The van der Waals surface area contributed by atoms with Crippen molar-refractivity contribution in [2.24, 2.45) is 11.8 Å². The van der Waals surface area contributed by atoms with E-state index in [2.05, 4.69) is 23.6 Å². The first-order chi connectivity index (χ1) is 9.65. The lowest BCUT2D eigenvalue weighted by atomic mass is 9.98. The second kappa shape index (κ2) is 7.99. The highest BCUT2D eigenvalue weighted by atomic mass is 16.5. The van der Waals surface area contributed by atoms with Crippen molar-refractivity contribution in [3.63, 3.8) is 0 Å². The van der Waals surface area contributed by atoms with Gasteiger partial charge in [0.25, 0.3) is 0 Å². The molecule has 0 saturated carbocycles. The summed E-state index contributed by atoms with van der Waals surface area (Å²) in [7, 11) is 0. The third-order valence-electron chi connectivity index (χ3n) is 4.28. The van der Waals surface area contributed by atoms with Crippen molar-refractivity contribution in [2.75, 3.05) is 45.9 Å². The number of rotatable bonds is 4. The topological polar surface area (TPSA) is 32.8 Å². The number of carbonyl (C=O) groups excluding carboxylic acids is 1. The van der Waals surface area contributed by atoms with Gasteiger partial charge in [0.1, 0.15) is 0 Å². The minimum Gasteiger partial charge on any atom is -0.381 e. The molecule has 116 valence electrons. The fourth-order valence-electron chi connectivity index (χ4n) is 3.26. The van der Waals surface area contributed by atoms with Gasteiger partial charge in [0.2, 0.25) is 5.91 Å². The van der Waals surface area contributed by atoms with Crippen molar-refractivity contribution >= 4 is 5.91 Å². The second-order valence-electron chi connectivity index (χ2n) is 6.72. The molecule has 0 N–H and O–H groups in total. The lowest BCUT2D eigenvalue weighted by Crippen LogP contribution is -2.37. The molecular weight excluding hydrogens is 252 g/mol. The molecule has 0 aromatic carbocycles. The standard InChI is InChI=1S/C16H30N2O2/c1-14(2)12-17-6-4-7-18(9-8-17)16(19)11-15-5-3-10-20-13-15/h14-15H,3-13H2,1-2H3/t15-/m1/s1. The van der Waals surface area contributed by atoms with Gasteiger partial charge in [-0.25, -0.2) is 0 Å². The molecule has 2 rings (SSSR count). The van der Waals surface area contributed by atoms with Crippen LogP contribution in [0.4, 0.5) is 0 Å². The van der Waals surface area contributed by atoms with Crippen molar-refractivity contribution in [3.05, 3.63) is 0 Å². The molecule has 0 bridgehead atoms. The predicted octanol–water partition coefficient (Wildman–Crippen LogP) is 1.99. The molecule has 0 aromatic rings. The number of amides is 1. The van der Waals surface area contributed by atoms with E-state index in [4.69, 9.17) is 4.74 Å². The van der Waals surface area contributed by atoms with Gasteiger partial charge >= 0.3 is 0 Å². The average Bonchev–Trinajstić information content (AvgIpc) is 2.65. The zero-order valence-electron chi connectivity index (χ0n) is 13.1. The predicted molar refractivity (Wildman–Crippen MR) is 80.6 cm³/mol. The molecular formula is C16H30N2O2. The van der Waals surface area contributed by atoms with Crippen molar-refractivity contribution in [3.8, 4) is 0 Å². The lowest BCUT2D eigenvalue weighted by Gasteiger charge is -2.26. The Hall–Kier alpha value is -0.610. The summed E-state index contributed by atoms with van der Waals surface area (Å²) < 4.78 is 5.48. The van der Waals surface area contributed by atoms with Gasteiger partial charge in [-0.1, -0.05) is 13.8 Å². The van der Waals surface area contributed by atoms with Crippen LogP contribution in [-0.2, 0) is 9.53 Å². The Kier molecular flexibility index (Phi) is 6.30. The largest absolute Gasteiger partial charge is 0.381 e. The molecule has 1 atom stereocenters. The maximum atomic E-state index is 12.4. The van der Waals surface area contributed by atoms with Gasteiger partial charge in [0.05, 0.1) is 0 Å². The van der Waals surface area contributed by atoms with Crippen LogP contribution in [0.2, 0.25) is 0 Å². The van der Waals surface area contributed by atoms with Crippen LogP contribution < -0.4 is 0 Å². The maximum Gasteiger partial charge on any atom is 0.222 e. The quantitative estimate of drug-likeness (QED) is 0.790. The summed E-state index contributed by atoms with van der Waals surface area (Å²) >= 11 is 0. The minimum absolute atomic E-state index is 0.340. The molecule has 4 heteroatoms. The summed E-state index contributed by atoms with van der Waals surface area (Å²) in [5.41, 5.74) is 0. The number of carbonyl (C=O) groups is 1. The molecule has 2 heterocycles. The summed E-state index contributed by atoms with van der Waals surface area (Å²) in [6, 6.07) is 0. The van der Waals surface area contributed by atoms with Crippen LogP contribution >= 0.6 is 0 Å². The maximum absolute atomic E-state index is 12.4. The highest BCUT2D eigenvalue weighted by Gasteiger charge is 2.23. The summed E-state index contributed by atoms with van der Waals surface area (Å²) in [6.45, 7) is 11.3. The van der Waals surface area contributed by atoms with Gasteiger partial charge in [-0.05, 0) is 37.6 Å². The normalized spacial score (nSPS) is 25.8. The van der Waals surface area contributed by atoms with Crippen LogP contribution in [-0.4, -0.2) is 61.6 Å². The summed E-state index contributed by atoms with van der Waals surface area (Å²) in [6.07, 6.45) is 4.06. The summed E-state index contributed by atoms with van der Waals surface area (Å²) in [4.78, 5) is 17.0. The van der Waals surface area contributed by atoms with Crippen molar-refractivity contribution in [1.82, 2.24) is 9.80 Å². The molecule has 0 aliphatic carbocycles. The second-order valence-corrected chi connectivity index (χ2v) is 6.72. The van der Waals surface area contributed by atoms with Crippen LogP contribution in [0.3, 0.4) is 0 Å². The molecule has 2 saturated heterocycles. The third kappa shape index (κ3) is 5.06. The summed E-state index contributed by atoms with van der Waals surface area (Å²) in [5, 5.41) is 0. The first-order valence-electron chi connectivity index (χ1n) is 8.23. The highest BCUT2D eigenvalue weighted by Crippen LogP contribution is 2.19. The first kappa shape index (κ1) is 15.8. The Morgan fingerprint density at radius 3 is 2.75 bits per heavy atom. The molecule has 2 aliphatic rings. The van der Waals surface area contributed by atoms with Gasteiger partial charge in [0, 0.05) is 45.8 Å². The smallest absolute Gasteiger partial charge is 0.222 e. The van der Waals surface area contributed by atoms with Crippen molar-refractivity contribution in [1.29, 1.82) is 0 Å². The third-order valence-corrected chi connectivity index (χ3v) is 4.28. The fraction of sp³-hybridized carbons (Fsp3) is 0.938. The van der Waals surface area contributed by atoms with Crippen LogP contribution in [0.5, 0.6) is 0 Å². The SMILES string of the molecule is CC(C)CN1CCCN(C(=O)C[C@H]2CCCOC2)CC1. The van der Waals surface area contributed by atoms with Crippen molar-refractivity contribution < 1.29 is 9.53 Å². The molecule has 1 amide bonds. The van der Waals surface area contributed by atoms with Gasteiger partial charge in [-0.15, -0.1) is 0 Å². The molecule has 0 aromatic heterocycles. The minimum atomic E-state index is 0.340. The van der Waals surface area contributed by atoms with Gasteiger partial charge in [0.15, 0.2) is 0 Å². The Bertz CT molecular complexity index is 301.